The van der Waals surface area contributed by atoms with E-state index in [0.717, 1.165) is 37.2 Å². The number of aryl methyl sites for hydroxylation is 1. The smallest absolute Gasteiger partial charge is 0.274 e. The van der Waals surface area contributed by atoms with Gasteiger partial charge in [0.15, 0.2) is 0 Å². The van der Waals surface area contributed by atoms with E-state index in [-0.39, 0.29) is 6.04 Å². The molecule has 1 fully saturated rings. The second-order valence-electron chi connectivity index (χ2n) is 8.32. The number of rotatable bonds is 7. The Morgan fingerprint density at radius 2 is 1.87 bits per heavy atom. The van der Waals surface area contributed by atoms with Crippen LogP contribution < -0.4 is 0 Å². The first-order chi connectivity index (χ1) is 15.2. The zero-order valence-electron chi connectivity index (χ0n) is 18.3. The Hall–Kier alpha value is -2.99. The summed E-state index contributed by atoms with van der Waals surface area (Å²) in [6, 6.07) is 17.3. The summed E-state index contributed by atoms with van der Waals surface area (Å²) < 4.78 is 5.65. The molecular formula is C25H29N5O. The number of aromatic nitrogens is 2. The van der Waals surface area contributed by atoms with Crippen LogP contribution in [0.15, 0.2) is 58.2 Å². The Labute approximate surface area is 183 Å². The Morgan fingerprint density at radius 3 is 2.58 bits per heavy atom. The fourth-order valence-corrected chi connectivity index (χ4v) is 4.43. The van der Waals surface area contributed by atoms with Crippen LogP contribution in [0, 0.1) is 0 Å². The average Bonchev–Trinajstić information content (AvgIpc) is 3.44. The van der Waals surface area contributed by atoms with Crippen LogP contribution in [-0.4, -0.2) is 45.4 Å². The summed E-state index contributed by atoms with van der Waals surface area (Å²) in [5, 5.41) is 11.2. The molecule has 0 saturated carbocycles. The Balaban J connectivity index is 1.36. The molecule has 6 nitrogen and oxygen atoms in total. The lowest BCUT2D eigenvalue weighted by atomic mass is 10.00. The SMILES string of the molecule is CCc1cc(-c2noc(C3=NN(CC)C(c4ccccc4)C3)n2)ccc1CN1CCC1. The number of likely N-dealkylation sites (tertiary alicyclic amines) is 1. The Kier molecular flexibility index (Phi) is 5.55. The van der Waals surface area contributed by atoms with E-state index in [1.165, 1.54) is 36.2 Å². The molecule has 1 aromatic heterocycles. The summed E-state index contributed by atoms with van der Waals surface area (Å²) in [5.74, 6) is 1.16. The van der Waals surface area contributed by atoms with Gasteiger partial charge in [-0.25, -0.2) is 0 Å². The lowest BCUT2D eigenvalue weighted by molar-refractivity contribution is 0.172. The first-order valence-corrected chi connectivity index (χ1v) is 11.3. The largest absolute Gasteiger partial charge is 0.332 e. The molecule has 0 N–H and O–H groups in total. The Bertz CT molecular complexity index is 1070. The van der Waals surface area contributed by atoms with E-state index >= 15 is 0 Å². The number of nitrogens with zero attached hydrogens (tertiary/aromatic N) is 5. The van der Waals surface area contributed by atoms with E-state index < -0.39 is 0 Å². The molecule has 6 heteroatoms. The monoisotopic (exact) mass is 415 g/mol. The molecule has 2 aliphatic rings. The van der Waals surface area contributed by atoms with Gasteiger partial charge in [-0.1, -0.05) is 54.5 Å². The standard InChI is InChI=1S/C25H29N5O/c1-3-18-15-20(11-12-21(18)17-29-13-8-14-29)24-26-25(31-28-24)22-16-23(30(4-2)27-22)19-9-6-5-7-10-19/h5-7,9-12,15,23H,3-4,8,13-14,16-17H2,1-2H3. The van der Waals surface area contributed by atoms with E-state index in [9.17, 15) is 0 Å². The van der Waals surface area contributed by atoms with Gasteiger partial charge in [-0.2, -0.15) is 10.1 Å². The average molecular weight is 416 g/mol. The second-order valence-corrected chi connectivity index (χ2v) is 8.32. The molecule has 160 valence electrons. The summed E-state index contributed by atoms with van der Waals surface area (Å²) in [7, 11) is 0. The van der Waals surface area contributed by atoms with Crippen molar-refractivity contribution in [3.8, 4) is 11.4 Å². The Morgan fingerprint density at radius 1 is 1.03 bits per heavy atom. The lowest BCUT2D eigenvalue weighted by Gasteiger charge is -2.31. The van der Waals surface area contributed by atoms with Gasteiger partial charge in [0.05, 0.1) is 6.04 Å². The van der Waals surface area contributed by atoms with Crippen LogP contribution in [-0.2, 0) is 13.0 Å². The predicted octanol–water partition coefficient (Wildman–Crippen LogP) is 4.68. The zero-order valence-corrected chi connectivity index (χ0v) is 18.3. The molecule has 5 rings (SSSR count). The highest BCUT2D eigenvalue weighted by Gasteiger charge is 2.30. The summed E-state index contributed by atoms with van der Waals surface area (Å²) >= 11 is 0. The van der Waals surface area contributed by atoms with Crippen molar-refractivity contribution in [2.24, 2.45) is 5.10 Å². The molecule has 0 amide bonds. The maximum Gasteiger partial charge on any atom is 0.274 e. The van der Waals surface area contributed by atoms with Crippen LogP contribution in [0.4, 0.5) is 0 Å². The quantitative estimate of drug-likeness (QED) is 0.561. The minimum absolute atomic E-state index is 0.212. The van der Waals surface area contributed by atoms with Crippen LogP contribution in [0.5, 0.6) is 0 Å². The summed E-state index contributed by atoms with van der Waals surface area (Å²) in [6.45, 7) is 8.61. The summed E-state index contributed by atoms with van der Waals surface area (Å²) in [6.07, 6.45) is 3.09. The van der Waals surface area contributed by atoms with E-state index in [1.54, 1.807) is 0 Å². The number of hydrogen-bond acceptors (Lipinski definition) is 6. The van der Waals surface area contributed by atoms with Gasteiger partial charge in [0.1, 0.15) is 5.71 Å². The number of hydrazone groups is 1. The minimum Gasteiger partial charge on any atom is -0.332 e. The van der Waals surface area contributed by atoms with Crippen LogP contribution in [0.2, 0.25) is 0 Å². The van der Waals surface area contributed by atoms with Gasteiger partial charge in [-0.05, 0) is 55.6 Å². The first kappa shape index (κ1) is 19.9. The highest BCUT2D eigenvalue weighted by Crippen LogP contribution is 2.32. The van der Waals surface area contributed by atoms with Crippen LogP contribution >= 0.6 is 0 Å². The zero-order chi connectivity index (χ0) is 21.2. The van der Waals surface area contributed by atoms with Gasteiger partial charge in [0.25, 0.3) is 5.89 Å². The third-order valence-corrected chi connectivity index (χ3v) is 6.36. The van der Waals surface area contributed by atoms with Gasteiger partial charge >= 0.3 is 0 Å². The molecule has 0 bridgehead atoms. The molecule has 2 aliphatic heterocycles. The van der Waals surface area contributed by atoms with E-state index in [0.29, 0.717) is 11.7 Å². The third-order valence-electron chi connectivity index (χ3n) is 6.36. The van der Waals surface area contributed by atoms with E-state index in [4.69, 9.17) is 14.6 Å². The summed E-state index contributed by atoms with van der Waals surface area (Å²) in [5.41, 5.74) is 5.88. The molecule has 0 radical (unpaired) electrons. The molecule has 3 aromatic rings. The lowest BCUT2D eigenvalue weighted by Crippen LogP contribution is -2.36. The third kappa shape index (κ3) is 4.00. The number of hydrogen-bond donors (Lipinski definition) is 0. The molecule has 1 atom stereocenters. The van der Waals surface area contributed by atoms with Crippen molar-refractivity contribution in [2.75, 3.05) is 19.6 Å². The van der Waals surface area contributed by atoms with Crippen molar-refractivity contribution < 1.29 is 4.52 Å². The van der Waals surface area contributed by atoms with Crippen molar-refractivity contribution in [3.63, 3.8) is 0 Å². The van der Waals surface area contributed by atoms with Crippen molar-refractivity contribution >= 4 is 5.71 Å². The highest BCUT2D eigenvalue weighted by atomic mass is 16.5. The van der Waals surface area contributed by atoms with Gasteiger partial charge in [-0.15, -0.1) is 0 Å². The fourth-order valence-electron chi connectivity index (χ4n) is 4.43. The number of benzene rings is 2. The minimum atomic E-state index is 0.212. The predicted molar refractivity (Wildman–Crippen MR) is 122 cm³/mol. The topological polar surface area (TPSA) is 57.8 Å². The maximum atomic E-state index is 5.65. The van der Waals surface area contributed by atoms with Crippen molar-refractivity contribution in [3.05, 3.63) is 71.1 Å². The van der Waals surface area contributed by atoms with Crippen LogP contribution in [0.25, 0.3) is 11.4 Å². The normalized spacial score (nSPS) is 18.8. The first-order valence-electron chi connectivity index (χ1n) is 11.3. The van der Waals surface area contributed by atoms with Gasteiger partial charge < -0.3 is 4.52 Å². The molecule has 0 spiro atoms. The molecule has 1 unspecified atom stereocenters. The van der Waals surface area contributed by atoms with Crippen molar-refractivity contribution in [2.45, 2.75) is 45.7 Å². The van der Waals surface area contributed by atoms with Gasteiger partial charge in [-0.3, -0.25) is 9.91 Å². The molecule has 31 heavy (non-hydrogen) atoms. The molecule has 1 saturated heterocycles. The van der Waals surface area contributed by atoms with Gasteiger partial charge in [0, 0.05) is 25.1 Å². The van der Waals surface area contributed by atoms with Crippen molar-refractivity contribution in [1.82, 2.24) is 20.0 Å². The van der Waals surface area contributed by atoms with Crippen LogP contribution in [0.1, 0.15) is 55.3 Å². The molecular weight excluding hydrogens is 386 g/mol. The van der Waals surface area contributed by atoms with E-state index in [2.05, 4.69) is 71.4 Å². The van der Waals surface area contributed by atoms with Crippen LogP contribution in [0.3, 0.4) is 0 Å². The molecule has 0 aliphatic carbocycles. The molecule has 3 heterocycles. The van der Waals surface area contributed by atoms with Crippen molar-refractivity contribution in [1.29, 1.82) is 0 Å². The van der Waals surface area contributed by atoms with Gasteiger partial charge in [0.2, 0.25) is 5.82 Å². The fraction of sp³-hybridized carbons (Fsp3) is 0.400. The maximum absolute atomic E-state index is 5.65. The summed E-state index contributed by atoms with van der Waals surface area (Å²) in [4.78, 5) is 7.19. The highest BCUT2D eigenvalue weighted by molar-refractivity contribution is 5.98. The molecule has 2 aromatic carbocycles. The van der Waals surface area contributed by atoms with E-state index in [1.807, 2.05) is 6.07 Å². The second kappa shape index (κ2) is 8.63.